The van der Waals surface area contributed by atoms with Gasteiger partial charge in [0.15, 0.2) is 0 Å². The van der Waals surface area contributed by atoms with Crippen molar-refractivity contribution in [1.82, 2.24) is 20.0 Å². The first-order chi connectivity index (χ1) is 16.6. The number of nitrogens with one attached hydrogen (secondary N) is 1. The predicted octanol–water partition coefficient (Wildman–Crippen LogP) is 2.90. The second-order valence-corrected chi connectivity index (χ2v) is 9.13. The van der Waals surface area contributed by atoms with Crippen molar-refractivity contribution in [3.05, 3.63) is 47.3 Å². The predicted molar refractivity (Wildman–Crippen MR) is 121 cm³/mol. The van der Waals surface area contributed by atoms with Crippen molar-refractivity contribution in [1.29, 1.82) is 5.26 Å². The molecule has 1 aromatic heterocycles. The second-order valence-electron chi connectivity index (χ2n) is 9.13. The number of aryl methyl sites for hydroxylation is 1. The number of likely N-dealkylation sites (tertiary alicyclic amines) is 1. The molecule has 2 amide bonds. The molecule has 186 valence electrons. The number of nitriles is 1. The number of rotatable bonds is 4. The van der Waals surface area contributed by atoms with Crippen LogP contribution in [0.5, 0.6) is 0 Å². The fraction of sp³-hybridized carbons (Fsp3) is 0.500. The number of hydrogen-bond donors (Lipinski definition) is 1. The Balaban J connectivity index is 1.54. The minimum Gasteiger partial charge on any atom is -0.371 e. The molecule has 8 nitrogen and oxygen atoms in total. The molecular weight excluding hydrogens is 461 g/mol. The first-order valence-corrected chi connectivity index (χ1v) is 11.5. The van der Waals surface area contributed by atoms with Gasteiger partial charge in [-0.2, -0.15) is 23.5 Å². The number of benzene rings is 1. The van der Waals surface area contributed by atoms with Crippen molar-refractivity contribution in [3.8, 4) is 6.07 Å². The lowest BCUT2D eigenvalue weighted by Crippen LogP contribution is -2.48. The van der Waals surface area contributed by atoms with Gasteiger partial charge < -0.3 is 15.1 Å². The highest BCUT2D eigenvalue weighted by Gasteiger charge is 2.52. The molecule has 1 atom stereocenters. The summed E-state index contributed by atoms with van der Waals surface area (Å²) < 4.78 is 42.0. The molecule has 35 heavy (non-hydrogen) atoms. The molecule has 0 radical (unpaired) electrons. The van der Waals surface area contributed by atoms with E-state index in [1.54, 1.807) is 28.9 Å². The molecule has 2 aromatic rings. The van der Waals surface area contributed by atoms with E-state index in [4.69, 9.17) is 5.26 Å². The minimum atomic E-state index is -4.62. The first kappa shape index (κ1) is 24.6. The van der Waals surface area contributed by atoms with Gasteiger partial charge in [-0.15, -0.1) is 0 Å². The zero-order valence-electron chi connectivity index (χ0n) is 19.6. The van der Waals surface area contributed by atoms with Crippen LogP contribution in [0, 0.1) is 22.7 Å². The molecule has 3 heterocycles. The van der Waals surface area contributed by atoms with Crippen LogP contribution < -0.4 is 10.2 Å². The zero-order chi connectivity index (χ0) is 25.4. The van der Waals surface area contributed by atoms with Gasteiger partial charge in [0, 0.05) is 57.1 Å². The summed E-state index contributed by atoms with van der Waals surface area (Å²) in [4.78, 5) is 29.5. The summed E-state index contributed by atoms with van der Waals surface area (Å²) in [6.45, 7) is 4.12. The van der Waals surface area contributed by atoms with Gasteiger partial charge in [0.25, 0.3) is 5.91 Å². The van der Waals surface area contributed by atoms with E-state index in [1.165, 1.54) is 18.3 Å². The van der Waals surface area contributed by atoms with Crippen LogP contribution in [0.2, 0.25) is 0 Å². The fourth-order valence-corrected chi connectivity index (χ4v) is 5.27. The molecule has 4 rings (SSSR count). The standard InChI is InChI=1S/C24H27F3N6O2/c1-3-33-13-17(12-30-33)22(35)32-14-20(21(34)29-2)23(15-32)6-8-31(9-7-23)18-5-4-16(11-28)19(10-18)24(25,26)27/h4-5,10,12-13,20H,3,6-9,14-15H2,1-2H3,(H,29,34). The third-order valence-electron chi connectivity index (χ3n) is 7.26. The summed E-state index contributed by atoms with van der Waals surface area (Å²) in [5, 5.41) is 15.9. The summed E-state index contributed by atoms with van der Waals surface area (Å²) in [5.74, 6) is -0.734. The van der Waals surface area contributed by atoms with E-state index in [9.17, 15) is 22.8 Å². The molecule has 2 aliphatic heterocycles. The SMILES string of the molecule is CCn1cc(C(=O)N2CC(C(=O)NC)C3(CCN(c4ccc(C#N)c(C(F)(F)F)c4)CC3)C2)cn1. The molecule has 1 N–H and O–H groups in total. The topological polar surface area (TPSA) is 94.3 Å². The zero-order valence-corrected chi connectivity index (χ0v) is 19.6. The molecule has 2 saturated heterocycles. The van der Waals surface area contributed by atoms with Crippen LogP contribution in [0.15, 0.2) is 30.6 Å². The maximum absolute atomic E-state index is 13.4. The van der Waals surface area contributed by atoms with E-state index >= 15 is 0 Å². The van der Waals surface area contributed by atoms with Crippen LogP contribution >= 0.6 is 0 Å². The summed E-state index contributed by atoms with van der Waals surface area (Å²) in [6.07, 6.45) is -0.319. The summed E-state index contributed by atoms with van der Waals surface area (Å²) in [6, 6.07) is 5.34. The van der Waals surface area contributed by atoms with E-state index in [0.29, 0.717) is 50.3 Å². The number of carbonyl (C=O) groups is 2. The van der Waals surface area contributed by atoms with E-state index in [2.05, 4.69) is 10.4 Å². The summed E-state index contributed by atoms with van der Waals surface area (Å²) >= 11 is 0. The van der Waals surface area contributed by atoms with Gasteiger partial charge in [-0.3, -0.25) is 14.3 Å². The van der Waals surface area contributed by atoms with Gasteiger partial charge in [-0.25, -0.2) is 0 Å². The van der Waals surface area contributed by atoms with E-state index in [0.717, 1.165) is 6.07 Å². The van der Waals surface area contributed by atoms with E-state index in [1.807, 2.05) is 11.8 Å². The number of hydrogen-bond acceptors (Lipinski definition) is 5. The molecule has 2 fully saturated rings. The Morgan fingerprint density at radius 2 is 2.00 bits per heavy atom. The Morgan fingerprint density at radius 3 is 2.57 bits per heavy atom. The molecule has 2 aliphatic rings. The molecule has 1 aromatic carbocycles. The van der Waals surface area contributed by atoms with Crippen LogP contribution in [-0.2, 0) is 17.5 Å². The van der Waals surface area contributed by atoms with Crippen LogP contribution in [0.1, 0.15) is 41.3 Å². The van der Waals surface area contributed by atoms with Crippen molar-refractivity contribution in [3.63, 3.8) is 0 Å². The van der Waals surface area contributed by atoms with Crippen molar-refractivity contribution in [2.75, 3.05) is 38.1 Å². The lowest BCUT2D eigenvalue weighted by atomic mass is 9.70. The maximum atomic E-state index is 13.4. The first-order valence-electron chi connectivity index (χ1n) is 11.5. The fourth-order valence-electron chi connectivity index (χ4n) is 5.27. The monoisotopic (exact) mass is 488 g/mol. The van der Waals surface area contributed by atoms with Crippen molar-refractivity contribution >= 4 is 17.5 Å². The highest BCUT2D eigenvalue weighted by molar-refractivity contribution is 5.94. The molecule has 0 aliphatic carbocycles. The third-order valence-corrected chi connectivity index (χ3v) is 7.26. The second kappa shape index (κ2) is 9.24. The maximum Gasteiger partial charge on any atom is 0.417 e. The lowest BCUT2D eigenvalue weighted by molar-refractivity contribution is -0.137. The third kappa shape index (κ3) is 4.57. The number of anilines is 1. The number of nitrogens with zero attached hydrogens (tertiary/aromatic N) is 5. The highest BCUT2D eigenvalue weighted by atomic mass is 19.4. The molecule has 0 bridgehead atoms. The lowest BCUT2D eigenvalue weighted by Gasteiger charge is -2.43. The van der Waals surface area contributed by atoms with Crippen LogP contribution in [0.25, 0.3) is 0 Å². The number of piperidine rings is 1. The van der Waals surface area contributed by atoms with Gasteiger partial charge in [0.1, 0.15) is 0 Å². The van der Waals surface area contributed by atoms with Crippen molar-refractivity contribution < 1.29 is 22.8 Å². The Morgan fingerprint density at radius 1 is 1.29 bits per heavy atom. The molecular formula is C24H27F3N6O2. The van der Waals surface area contributed by atoms with E-state index in [-0.39, 0.29) is 18.4 Å². The van der Waals surface area contributed by atoms with Crippen molar-refractivity contribution in [2.45, 2.75) is 32.5 Å². The number of aromatic nitrogens is 2. The van der Waals surface area contributed by atoms with Gasteiger partial charge in [-0.1, -0.05) is 0 Å². The van der Waals surface area contributed by atoms with Gasteiger partial charge >= 0.3 is 6.18 Å². The van der Waals surface area contributed by atoms with Gasteiger partial charge in [0.2, 0.25) is 5.91 Å². The molecule has 1 spiro atoms. The van der Waals surface area contributed by atoms with Gasteiger partial charge in [-0.05, 0) is 38.0 Å². The average Bonchev–Trinajstić information content (AvgIpc) is 3.48. The average molecular weight is 489 g/mol. The summed E-state index contributed by atoms with van der Waals surface area (Å²) in [5.41, 5.74) is -0.973. The number of carbonyl (C=O) groups excluding carboxylic acids is 2. The Kier molecular flexibility index (Phi) is 6.49. The smallest absolute Gasteiger partial charge is 0.371 e. The normalized spacial score (nSPS) is 19.6. The Hall–Kier alpha value is -3.55. The number of halogens is 3. The molecule has 11 heteroatoms. The number of amides is 2. The Labute approximate surface area is 201 Å². The molecule has 1 unspecified atom stereocenters. The highest BCUT2D eigenvalue weighted by Crippen LogP contribution is 2.46. The van der Waals surface area contributed by atoms with Gasteiger partial charge in [0.05, 0.1) is 34.9 Å². The van der Waals surface area contributed by atoms with Crippen LogP contribution in [-0.4, -0.2) is 59.7 Å². The number of alkyl halides is 3. The van der Waals surface area contributed by atoms with Crippen molar-refractivity contribution in [2.24, 2.45) is 11.3 Å². The van der Waals surface area contributed by atoms with Crippen LogP contribution in [0.4, 0.5) is 18.9 Å². The minimum absolute atomic E-state index is 0.143. The summed E-state index contributed by atoms with van der Waals surface area (Å²) in [7, 11) is 1.57. The van der Waals surface area contributed by atoms with E-state index < -0.39 is 28.6 Å². The largest absolute Gasteiger partial charge is 0.417 e. The Bertz CT molecular complexity index is 1160. The van der Waals surface area contributed by atoms with Crippen LogP contribution in [0.3, 0.4) is 0 Å². The quantitative estimate of drug-likeness (QED) is 0.714. The molecule has 0 saturated carbocycles.